The molecular weight excluding hydrogens is 285 g/mol. The van der Waals surface area contributed by atoms with E-state index in [1.807, 2.05) is 13.0 Å². The van der Waals surface area contributed by atoms with Gasteiger partial charge in [-0.3, -0.25) is 4.79 Å². The number of aromatic nitrogens is 1. The highest BCUT2D eigenvalue weighted by molar-refractivity contribution is 5.93. The summed E-state index contributed by atoms with van der Waals surface area (Å²) < 4.78 is 18.7. The highest BCUT2D eigenvalue weighted by Crippen LogP contribution is 2.25. The molecule has 1 fully saturated rings. The van der Waals surface area contributed by atoms with E-state index in [-0.39, 0.29) is 17.8 Å². The number of rotatable bonds is 3. The van der Waals surface area contributed by atoms with Crippen LogP contribution in [0.4, 0.5) is 4.39 Å². The van der Waals surface area contributed by atoms with Crippen molar-refractivity contribution in [1.29, 1.82) is 0 Å². The third-order valence-electron chi connectivity index (χ3n) is 3.90. The smallest absolute Gasteiger partial charge is 0.276 e. The minimum Gasteiger partial charge on any atom is -0.448 e. The Labute approximate surface area is 128 Å². The summed E-state index contributed by atoms with van der Waals surface area (Å²) >= 11 is 0. The molecule has 0 radical (unpaired) electrons. The number of nitrogens with zero attached hydrogens (tertiary/aromatic N) is 2. The normalized spacial score (nSPS) is 18.5. The van der Waals surface area contributed by atoms with Crippen molar-refractivity contribution in [2.75, 3.05) is 19.6 Å². The first kappa shape index (κ1) is 14.7. The highest BCUT2D eigenvalue weighted by Gasteiger charge is 2.31. The summed E-state index contributed by atoms with van der Waals surface area (Å²) in [6.07, 6.45) is 1.91. The number of halogens is 1. The molecule has 22 heavy (non-hydrogen) atoms. The van der Waals surface area contributed by atoms with E-state index in [4.69, 9.17) is 4.42 Å². The van der Waals surface area contributed by atoms with Crippen molar-refractivity contribution < 1.29 is 13.6 Å². The number of amides is 1. The number of aryl methyl sites for hydroxylation is 1. The molecule has 0 bridgehead atoms. The molecule has 1 aliphatic heterocycles. The van der Waals surface area contributed by atoms with Crippen LogP contribution in [0.25, 0.3) is 0 Å². The van der Waals surface area contributed by atoms with Crippen molar-refractivity contribution in [1.82, 2.24) is 15.2 Å². The fourth-order valence-electron chi connectivity index (χ4n) is 2.79. The van der Waals surface area contributed by atoms with Gasteiger partial charge in [-0.05, 0) is 17.7 Å². The maximum atomic E-state index is 13.5. The molecule has 2 aromatic rings. The number of nitrogens with one attached hydrogen (secondary N) is 1. The lowest BCUT2D eigenvalue weighted by molar-refractivity contribution is 0.0626. The number of hydrogen-bond donors (Lipinski definition) is 1. The lowest BCUT2D eigenvalue weighted by Crippen LogP contribution is -2.49. The van der Waals surface area contributed by atoms with Crippen molar-refractivity contribution in [3.63, 3.8) is 0 Å². The van der Waals surface area contributed by atoms with Gasteiger partial charge < -0.3 is 14.6 Å². The lowest BCUT2D eigenvalue weighted by atomic mass is 10.0. The van der Waals surface area contributed by atoms with E-state index < -0.39 is 0 Å². The molecule has 1 aromatic carbocycles. The van der Waals surface area contributed by atoms with Gasteiger partial charge >= 0.3 is 0 Å². The summed E-state index contributed by atoms with van der Waals surface area (Å²) in [6.45, 7) is 3.76. The van der Waals surface area contributed by atoms with Crippen LogP contribution in [0, 0.1) is 5.82 Å². The van der Waals surface area contributed by atoms with Crippen LogP contribution in [0.1, 0.15) is 34.8 Å². The third kappa shape index (κ3) is 2.74. The fourth-order valence-corrected chi connectivity index (χ4v) is 2.79. The first-order chi connectivity index (χ1) is 10.7. The molecule has 1 atom stereocenters. The highest BCUT2D eigenvalue weighted by atomic mass is 19.1. The summed E-state index contributed by atoms with van der Waals surface area (Å²) in [6, 6.07) is 6.17. The molecular formula is C16H18FN3O2. The van der Waals surface area contributed by atoms with E-state index in [0.29, 0.717) is 37.5 Å². The van der Waals surface area contributed by atoms with Crippen molar-refractivity contribution in [3.8, 4) is 0 Å². The average molecular weight is 303 g/mol. The van der Waals surface area contributed by atoms with Crippen LogP contribution in [-0.2, 0) is 6.42 Å². The molecule has 116 valence electrons. The van der Waals surface area contributed by atoms with E-state index in [9.17, 15) is 9.18 Å². The monoisotopic (exact) mass is 303 g/mol. The number of carbonyl (C=O) groups is 1. The summed E-state index contributed by atoms with van der Waals surface area (Å²) in [5, 5.41) is 3.25. The molecule has 0 spiro atoms. The minimum absolute atomic E-state index is 0.165. The van der Waals surface area contributed by atoms with Crippen molar-refractivity contribution in [3.05, 3.63) is 53.5 Å². The summed E-state index contributed by atoms with van der Waals surface area (Å²) in [5.41, 5.74) is 1.13. The first-order valence-electron chi connectivity index (χ1n) is 7.40. The Hall–Kier alpha value is -2.21. The number of benzene rings is 1. The second-order valence-corrected chi connectivity index (χ2v) is 5.25. The predicted molar refractivity (Wildman–Crippen MR) is 78.9 cm³/mol. The molecule has 1 unspecified atom stereocenters. The van der Waals surface area contributed by atoms with Crippen LogP contribution in [0.5, 0.6) is 0 Å². The molecule has 6 heteroatoms. The van der Waals surface area contributed by atoms with Crippen LogP contribution >= 0.6 is 0 Å². The Balaban J connectivity index is 1.91. The maximum Gasteiger partial charge on any atom is 0.276 e. The first-order valence-corrected chi connectivity index (χ1v) is 7.40. The zero-order valence-corrected chi connectivity index (χ0v) is 12.4. The van der Waals surface area contributed by atoms with Gasteiger partial charge in [0.15, 0.2) is 12.1 Å². The Morgan fingerprint density at radius 1 is 1.55 bits per heavy atom. The number of oxazole rings is 1. The molecule has 1 amide bonds. The van der Waals surface area contributed by atoms with Gasteiger partial charge in [0.2, 0.25) is 0 Å². The Morgan fingerprint density at radius 3 is 3.18 bits per heavy atom. The molecule has 0 aliphatic carbocycles. The van der Waals surface area contributed by atoms with E-state index in [1.165, 1.54) is 18.5 Å². The van der Waals surface area contributed by atoms with Crippen LogP contribution in [-0.4, -0.2) is 35.4 Å². The maximum absolute atomic E-state index is 13.5. The third-order valence-corrected chi connectivity index (χ3v) is 3.90. The van der Waals surface area contributed by atoms with Gasteiger partial charge in [-0.15, -0.1) is 0 Å². The van der Waals surface area contributed by atoms with Crippen molar-refractivity contribution >= 4 is 5.91 Å². The Morgan fingerprint density at radius 2 is 2.41 bits per heavy atom. The van der Waals surface area contributed by atoms with Crippen LogP contribution in [0.15, 0.2) is 35.1 Å². The summed E-state index contributed by atoms with van der Waals surface area (Å²) in [5.74, 6) is 0.119. The fraction of sp³-hybridized carbons (Fsp3) is 0.375. The van der Waals surface area contributed by atoms with Crippen molar-refractivity contribution in [2.24, 2.45) is 0 Å². The molecule has 1 aromatic heterocycles. The lowest BCUT2D eigenvalue weighted by Gasteiger charge is -2.36. The molecule has 1 saturated heterocycles. The number of carbonyl (C=O) groups excluding carboxylic acids is 1. The van der Waals surface area contributed by atoms with E-state index in [1.54, 1.807) is 11.0 Å². The van der Waals surface area contributed by atoms with Gasteiger partial charge in [0.1, 0.15) is 11.6 Å². The Kier molecular flexibility index (Phi) is 4.20. The zero-order valence-electron chi connectivity index (χ0n) is 12.4. The quantitative estimate of drug-likeness (QED) is 0.944. The second-order valence-electron chi connectivity index (χ2n) is 5.25. The largest absolute Gasteiger partial charge is 0.448 e. The zero-order chi connectivity index (χ0) is 15.5. The molecule has 5 nitrogen and oxygen atoms in total. The Bertz CT molecular complexity index is 671. The average Bonchev–Trinajstić information content (AvgIpc) is 3.03. The van der Waals surface area contributed by atoms with Gasteiger partial charge in [-0.1, -0.05) is 19.1 Å². The van der Waals surface area contributed by atoms with Crippen LogP contribution in [0.2, 0.25) is 0 Å². The SMILES string of the molecule is CCc1ocnc1C(=O)N1CCNCC1c1cccc(F)c1. The molecule has 2 heterocycles. The van der Waals surface area contributed by atoms with Gasteiger partial charge in [0.05, 0.1) is 6.04 Å². The van der Waals surface area contributed by atoms with Gasteiger partial charge in [0, 0.05) is 26.1 Å². The molecule has 1 aliphatic rings. The topological polar surface area (TPSA) is 58.4 Å². The minimum atomic E-state index is -0.300. The van der Waals surface area contributed by atoms with E-state index in [2.05, 4.69) is 10.3 Å². The van der Waals surface area contributed by atoms with Gasteiger partial charge in [-0.2, -0.15) is 0 Å². The summed E-state index contributed by atoms with van der Waals surface area (Å²) in [7, 11) is 0. The van der Waals surface area contributed by atoms with Crippen LogP contribution < -0.4 is 5.32 Å². The van der Waals surface area contributed by atoms with Gasteiger partial charge in [0.25, 0.3) is 5.91 Å². The second kappa shape index (κ2) is 6.27. The van der Waals surface area contributed by atoms with Crippen LogP contribution in [0.3, 0.4) is 0 Å². The molecule has 3 rings (SSSR count). The van der Waals surface area contributed by atoms with E-state index >= 15 is 0 Å². The predicted octanol–water partition coefficient (Wildman–Crippen LogP) is 2.16. The number of piperazine rings is 1. The van der Waals surface area contributed by atoms with Crippen molar-refractivity contribution in [2.45, 2.75) is 19.4 Å². The standard InChI is InChI=1S/C16H18FN3O2/c1-2-14-15(19-10-22-14)16(21)20-7-6-18-9-13(20)11-4-3-5-12(17)8-11/h3-5,8,10,13,18H,2,6-7,9H2,1H3. The number of hydrogen-bond acceptors (Lipinski definition) is 4. The van der Waals surface area contributed by atoms with Gasteiger partial charge in [-0.25, -0.2) is 9.37 Å². The summed E-state index contributed by atoms with van der Waals surface area (Å²) in [4.78, 5) is 18.6. The van der Waals surface area contributed by atoms with E-state index in [0.717, 1.165) is 5.56 Å². The molecule has 1 N–H and O–H groups in total. The molecule has 0 saturated carbocycles.